The van der Waals surface area contributed by atoms with E-state index in [-0.39, 0.29) is 35.7 Å². The smallest absolute Gasteiger partial charge is 0.224 e. The van der Waals surface area contributed by atoms with Crippen LogP contribution >= 0.6 is 24.0 Å². The van der Waals surface area contributed by atoms with Gasteiger partial charge in [-0.1, -0.05) is 12.1 Å². The molecule has 1 aliphatic rings. The van der Waals surface area contributed by atoms with Crippen molar-refractivity contribution in [2.75, 3.05) is 20.1 Å². The predicted octanol–water partition coefficient (Wildman–Crippen LogP) is 2.90. The number of piperidine rings is 1. The summed E-state index contributed by atoms with van der Waals surface area (Å²) in [4.78, 5) is 18.4. The molecule has 1 unspecified atom stereocenters. The Balaban J connectivity index is 0.00000312. The van der Waals surface area contributed by atoms with Gasteiger partial charge in [0.2, 0.25) is 5.91 Å². The van der Waals surface area contributed by atoms with Crippen LogP contribution in [0.2, 0.25) is 0 Å². The molecule has 0 bridgehead atoms. The highest BCUT2D eigenvalue weighted by Gasteiger charge is 2.22. The summed E-state index contributed by atoms with van der Waals surface area (Å²) in [5.41, 5.74) is 0.844. The molecule has 2 N–H and O–H groups in total. The summed E-state index contributed by atoms with van der Waals surface area (Å²) in [5, 5.41) is 6.26. The third kappa shape index (κ3) is 7.17. The zero-order chi connectivity index (χ0) is 17.4. The van der Waals surface area contributed by atoms with Gasteiger partial charge in [0.05, 0.1) is 0 Å². The molecule has 1 heterocycles. The van der Waals surface area contributed by atoms with Crippen LogP contribution in [0.5, 0.6) is 0 Å². The highest BCUT2D eigenvalue weighted by molar-refractivity contribution is 14.0. The highest BCUT2D eigenvalue weighted by atomic mass is 127. The summed E-state index contributed by atoms with van der Waals surface area (Å²) in [7, 11) is 1.68. The lowest BCUT2D eigenvalue weighted by Gasteiger charge is -2.33. The van der Waals surface area contributed by atoms with Gasteiger partial charge in [-0.3, -0.25) is 9.79 Å². The molecular formula is C18H28FIN4O. The van der Waals surface area contributed by atoms with Crippen molar-refractivity contribution < 1.29 is 9.18 Å². The zero-order valence-corrected chi connectivity index (χ0v) is 17.3. The molecule has 7 heteroatoms. The van der Waals surface area contributed by atoms with Crippen LogP contribution in [-0.2, 0) is 11.3 Å². The van der Waals surface area contributed by atoms with Crippen LogP contribution in [0, 0.1) is 5.82 Å². The quantitative estimate of drug-likeness (QED) is 0.402. The molecule has 1 aliphatic heterocycles. The summed E-state index contributed by atoms with van der Waals surface area (Å²) in [6.45, 7) is 4.00. The van der Waals surface area contributed by atoms with Crippen LogP contribution in [0.25, 0.3) is 0 Å². The number of hydrogen-bond donors (Lipinski definition) is 2. The number of carbonyl (C=O) groups excluding carboxylic acids is 1. The van der Waals surface area contributed by atoms with Gasteiger partial charge >= 0.3 is 0 Å². The van der Waals surface area contributed by atoms with E-state index in [0.717, 1.165) is 24.9 Å². The fourth-order valence-corrected chi connectivity index (χ4v) is 2.95. The number of amides is 1. The first kappa shape index (κ1) is 21.7. The number of benzene rings is 1. The maximum atomic E-state index is 13.2. The van der Waals surface area contributed by atoms with Crippen molar-refractivity contribution in [2.24, 2.45) is 4.99 Å². The molecule has 2 rings (SSSR count). The molecule has 5 nitrogen and oxygen atoms in total. The summed E-state index contributed by atoms with van der Waals surface area (Å²) in [5.74, 6) is 0.549. The van der Waals surface area contributed by atoms with Gasteiger partial charge < -0.3 is 15.5 Å². The van der Waals surface area contributed by atoms with E-state index in [1.54, 1.807) is 13.1 Å². The van der Waals surface area contributed by atoms with Crippen LogP contribution in [-0.4, -0.2) is 42.9 Å². The lowest BCUT2D eigenvalue weighted by molar-refractivity contribution is -0.134. The number of hydrogen-bond acceptors (Lipinski definition) is 2. The first-order valence-electron chi connectivity index (χ1n) is 8.58. The Morgan fingerprint density at radius 2 is 2.16 bits per heavy atom. The Kier molecular flexibility index (Phi) is 9.77. The first-order chi connectivity index (χ1) is 11.6. The van der Waals surface area contributed by atoms with E-state index in [0.29, 0.717) is 31.5 Å². The Labute approximate surface area is 166 Å². The van der Waals surface area contributed by atoms with E-state index >= 15 is 0 Å². The summed E-state index contributed by atoms with van der Waals surface area (Å²) >= 11 is 0. The second-order valence-electron chi connectivity index (χ2n) is 6.16. The SMILES string of the molecule is CN=C(NCCC(=O)N1CCCCC1C)NCc1cccc(F)c1.I. The average molecular weight is 462 g/mol. The van der Waals surface area contributed by atoms with Gasteiger partial charge in [-0.05, 0) is 43.9 Å². The number of aliphatic imine (C=N–C) groups is 1. The van der Waals surface area contributed by atoms with Crippen molar-refractivity contribution in [3.05, 3.63) is 35.6 Å². The minimum Gasteiger partial charge on any atom is -0.356 e. The summed E-state index contributed by atoms with van der Waals surface area (Å²) in [6, 6.07) is 6.79. The van der Waals surface area contributed by atoms with Crippen LogP contribution in [0.4, 0.5) is 4.39 Å². The van der Waals surface area contributed by atoms with Crippen molar-refractivity contribution in [1.29, 1.82) is 0 Å². The largest absolute Gasteiger partial charge is 0.356 e. The minimum atomic E-state index is -0.251. The minimum absolute atomic E-state index is 0. The second kappa shape index (κ2) is 11.3. The number of nitrogens with one attached hydrogen (secondary N) is 2. The number of rotatable bonds is 5. The number of halogens is 2. The first-order valence-corrected chi connectivity index (χ1v) is 8.58. The fraction of sp³-hybridized carbons (Fsp3) is 0.556. The number of guanidine groups is 1. The Bertz CT molecular complexity index is 582. The molecule has 1 aromatic carbocycles. The van der Waals surface area contributed by atoms with E-state index in [1.807, 2.05) is 11.0 Å². The number of likely N-dealkylation sites (tertiary alicyclic amines) is 1. The topological polar surface area (TPSA) is 56.7 Å². The molecule has 25 heavy (non-hydrogen) atoms. The van der Waals surface area contributed by atoms with Crippen LogP contribution in [0.15, 0.2) is 29.3 Å². The average Bonchev–Trinajstić information content (AvgIpc) is 2.58. The molecule has 1 saturated heterocycles. The van der Waals surface area contributed by atoms with E-state index < -0.39 is 0 Å². The van der Waals surface area contributed by atoms with E-state index in [1.165, 1.54) is 18.6 Å². The van der Waals surface area contributed by atoms with Gasteiger partial charge in [-0.25, -0.2) is 4.39 Å². The molecule has 0 spiro atoms. The highest BCUT2D eigenvalue weighted by Crippen LogP contribution is 2.16. The number of carbonyl (C=O) groups is 1. The zero-order valence-electron chi connectivity index (χ0n) is 14.9. The Morgan fingerprint density at radius 3 is 2.84 bits per heavy atom. The van der Waals surface area contributed by atoms with Crippen molar-refractivity contribution in [3.63, 3.8) is 0 Å². The van der Waals surface area contributed by atoms with Gasteiger partial charge in [0.1, 0.15) is 5.82 Å². The monoisotopic (exact) mass is 462 g/mol. The van der Waals surface area contributed by atoms with Gasteiger partial charge in [0.15, 0.2) is 5.96 Å². The maximum Gasteiger partial charge on any atom is 0.224 e. The molecule has 1 aromatic rings. The fourth-order valence-electron chi connectivity index (χ4n) is 2.95. The maximum absolute atomic E-state index is 13.2. The normalized spacial score (nSPS) is 17.6. The molecular weight excluding hydrogens is 434 g/mol. The van der Waals surface area contributed by atoms with E-state index in [2.05, 4.69) is 22.5 Å². The standard InChI is InChI=1S/C18H27FN4O.HI/c1-14-6-3-4-11-23(14)17(24)9-10-21-18(20-2)22-13-15-7-5-8-16(19)12-15;/h5,7-8,12,14H,3-4,6,9-11,13H2,1-2H3,(H2,20,21,22);1H. The molecule has 0 aliphatic carbocycles. The molecule has 0 saturated carbocycles. The van der Waals surface area contributed by atoms with Crippen LogP contribution in [0.3, 0.4) is 0 Å². The van der Waals surface area contributed by atoms with E-state index in [4.69, 9.17) is 0 Å². The van der Waals surface area contributed by atoms with Crippen molar-refractivity contribution in [2.45, 2.75) is 45.2 Å². The third-order valence-electron chi connectivity index (χ3n) is 4.33. The lowest BCUT2D eigenvalue weighted by Crippen LogP contribution is -2.44. The lowest BCUT2D eigenvalue weighted by atomic mass is 10.0. The third-order valence-corrected chi connectivity index (χ3v) is 4.33. The molecule has 0 radical (unpaired) electrons. The van der Waals surface area contributed by atoms with Gasteiger partial charge in [0, 0.05) is 39.1 Å². The van der Waals surface area contributed by atoms with Crippen molar-refractivity contribution >= 4 is 35.8 Å². The Hall–Kier alpha value is -1.38. The molecule has 1 atom stereocenters. The van der Waals surface area contributed by atoms with Gasteiger partial charge in [-0.2, -0.15) is 0 Å². The van der Waals surface area contributed by atoms with Crippen LogP contribution < -0.4 is 10.6 Å². The molecule has 0 aromatic heterocycles. The van der Waals surface area contributed by atoms with Crippen LogP contribution in [0.1, 0.15) is 38.2 Å². The molecule has 1 amide bonds. The van der Waals surface area contributed by atoms with Crippen molar-refractivity contribution in [1.82, 2.24) is 15.5 Å². The molecule has 1 fully saturated rings. The van der Waals surface area contributed by atoms with Gasteiger partial charge in [0.25, 0.3) is 0 Å². The Morgan fingerprint density at radius 1 is 1.36 bits per heavy atom. The summed E-state index contributed by atoms with van der Waals surface area (Å²) < 4.78 is 13.2. The van der Waals surface area contributed by atoms with E-state index in [9.17, 15) is 9.18 Å². The predicted molar refractivity (Wildman–Crippen MR) is 110 cm³/mol. The van der Waals surface area contributed by atoms with Gasteiger partial charge in [-0.15, -0.1) is 24.0 Å². The second-order valence-corrected chi connectivity index (χ2v) is 6.16. The number of nitrogens with zero attached hydrogens (tertiary/aromatic N) is 2. The van der Waals surface area contributed by atoms with Crippen molar-refractivity contribution in [3.8, 4) is 0 Å². The summed E-state index contributed by atoms with van der Waals surface area (Å²) in [6.07, 6.45) is 3.85. The molecule has 140 valence electrons.